The van der Waals surface area contributed by atoms with Crippen LogP contribution in [-0.4, -0.2) is 38.7 Å². The van der Waals surface area contributed by atoms with Crippen LogP contribution in [0.25, 0.3) is 0 Å². The molecule has 1 N–H and O–H groups in total. The van der Waals surface area contributed by atoms with Crippen molar-refractivity contribution in [2.24, 2.45) is 0 Å². The summed E-state index contributed by atoms with van der Waals surface area (Å²) in [7, 11) is 0. The number of nitrogens with one attached hydrogen (secondary N) is 1. The first kappa shape index (κ1) is 16.5. The number of fused-ring (bicyclic) bond motifs is 1. The van der Waals surface area contributed by atoms with Crippen LogP contribution in [0.15, 0.2) is 41.9 Å². The molecule has 0 saturated heterocycles. The van der Waals surface area contributed by atoms with Crippen LogP contribution in [0.1, 0.15) is 32.4 Å². The normalized spacial score (nSPS) is 16.6. The van der Waals surface area contributed by atoms with Gasteiger partial charge in [0, 0.05) is 23.8 Å². The molecule has 24 heavy (non-hydrogen) atoms. The zero-order valence-electron chi connectivity index (χ0n) is 14.0. The lowest BCUT2D eigenvalue weighted by atomic mass is 9.94. The number of allylic oxidation sites excluding steroid dienone is 1. The second kappa shape index (κ2) is 6.65. The zero-order chi connectivity index (χ0) is 17.3. The van der Waals surface area contributed by atoms with Gasteiger partial charge in [0.2, 0.25) is 5.95 Å². The van der Waals surface area contributed by atoms with E-state index in [9.17, 15) is 4.79 Å². The highest BCUT2D eigenvalue weighted by atomic mass is 35.5. The number of halogens is 1. The van der Waals surface area contributed by atoms with E-state index in [0.29, 0.717) is 29.6 Å². The molecule has 1 aliphatic heterocycles. The van der Waals surface area contributed by atoms with Crippen LogP contribution >= 0.6 is 11.6 Å². The standard InChI is InChI=1S/C17H20ClN5O/c1-4-22(5-2)16(24)14-11(3)21-17-19-10-20-23(17)15(14)12-6-8-13(18)9-7-12/h6-10,15H,4-5H2,1-3H3,(H,19,20,21). The van der Waals surface area contributed by atoms with Crippen molar-refractivity contribution < 1.29 is 4.79 Å². The molecule has 0 aliphatic carbocycles. The van der Waals surface area contributed by atoms with E-state index in [-0.39, 0.29) is 11.9 Å². The van der Waals surface area contributed by atoms with Crippen molar-refractivity contribution in [2.75, 3.05) is 18.4 Å². The molecule has 6 nitrogen and oxygen atoms in total. The molecule has 0 fully saturated rings. The summed E-state index contributed by atoms with van der Waals surface area (Å²) in [6, 6.07) is 7.17. The molecule has 1 aromatic carbocycles. The summed E-state index contributed by atoms with van der Waals surface area (Å²) in [4.78, 5) is 19.1. The second-order valence-electron chi connectivity index (χ2n) is 5.62. The molecule has 0 bridgehead atoms. The SMILES string of the molecule is CCN(CC)C(=O)C1=C(C)Nc2ncnn2C1c1ccc(Cl)cc1. The van der Waals surface area contributed by atoms with Gasteiger partial charge < -0.3 is 10.2 Å². The van der Waals surface area contributed by atoms with E-state index in [0.717, 1.165) is 11.3 Å². The number of aromatic nitrogens is 3. The van der Waals surface area contributed by atoms with Gasteiger partial charge in [-0.3, -0.25) is 4.79 Å². The lowest BCUT2D eigenvalue weighted by Crippen LogP contribution is -2.38. The molecular formula is C17H20ClN5O. The molecule has 126 valence electrons. The van der Waals surface area contributed by atoms with Crippen molar-refractivity contribution in [3.63, 3.8) is 0 Å². The molecule has 1 aromatic heterocycles. The minimum atomic E-state index is -0.325. The maximum atomic E-state index is 13.1. The molecule has 1 amide bonds. The van der Waals surface area contributed by atoms with Crippen molar-refractivity contribution in [3.05, 3.63) is 52.4 Å². The Balaban J connectivity index is 2.13. The van der Waals surface area contributed by atoms with E-state index < -0.39 is 0 Å². The van der Waals surface area contributed by atoms with E-state index in [1.807, 2.05) is 49.9 Å². The van der Waals surface area contributed by atoms with Gasteiger partial charge in [-0.25, -0.2) is 4.68 Å². The highest BCUT2D eigenvalue weighted by Crippen LogP contribution is 2.35. The first-order valence-electron chi connectivity index (χ1n) is 7.98. The topological polar surface area (TPSA) is 63.1 Å². The molecule has 0 radical (unpaired) electrons. The summed E-state index contributed by atoms with van der Waals surface area (Å²) in [6.45, 7) is 7.17. The number of hydrogen-bond acceptors (Lipinski definition) is 4. The molecule has 3 rings (SSSR count). The smallest absolute Gasteiger partial charge is 0.254 e. The Hall–Kier alpha value is -2.34. The fourth-order valence-electron chi connectivity index (χ4n) is 3.00. The third-order valence-electron chi connectivity index (χ3n) is 4.26. The zero-order valence-corrected chi connectivity index (χ0v) is 14.7. The summed E-state index contributed by atoms with van der Waals surface area (Å²) in [5.41, 5.74) is 2.42. The van der Waals surface area contributed by atoms with Gasteiger partial charge in [-0.2, -0.15) is 10.1 Å². The van der Waals surface area contributed by atoms with Crippen LogP contribution in [0.3, 0.4) is 0 Å². The highest BCUT2D eigenvalue weighted by molar-refractivity contribution is 6.30. The Morgan fingerprint density at radius 2 is 1.96 bits per heavy atom. The lowest BCUT2D eigenvalue weighted by Gasteiger charge is -2.31. The third-order valence-corrected chi connectivity index (χ3v) is 4.51. The first-order chi connectivity index (χ1) is 11.6. The predicted octanol–water partition coefficient (Wildman–Crippen LogP) is 3.09. The summed E-state index contributed by atoms with van der Waals surface area (Å²) < 4.78 is 1.74. The van der Waals surface area contributed by atoms with Gasteiger partial charge in [0.1, 0.15) is 12.4 Å². The molecule has 2 heterocycles. The fraction of sp³-hybridized carbons (Fsp3) is 0.353. The summed E-state index contributed by atoms with van der Waals surface area (Å²) in [6.07, 6.45) is 1.49. The number of benzene rings is 1. The second-order valence-corrected chi connectivity index (χ2v) is 6.06. The summed E-state index contributed by atoms with van der Waals surface area (Å²) in [5.74, 6) is 0.634. The maximum absolute atomic E-state index is 13.1. The van der Waals surface area contributed by atoms with Crippen molar-refractivity contribution in [3.8, 4) is 0 Å². The number of hydrogen-bond donors (Lipinski definition) is 1. The number of amides is 1. The molecule has 0 spiro atoms. The van der Waals surface area contributed by atoms with Crippen molar-refractivity contribution in [2.45, 2.75) is 26.8 Å². The van der Waals surface area contributed by atoms with Gasteiger partial charge in [0.25, 0.3) is 5.91 Å². The maximum Gasteiger partial charge on any atom is 0.254 e. The summed E-state index contributed by atoms with van der Waals surface area (Å²) in [5, 5.41) is 8.16. The average molecular weight is 346 g/mol. The van der Waals surface area contributed by atoms with Crippen LogP contribution in [0.4, 0.5) is 5.95 Å². The van der Waals surface area contributed by atoms with Gasteiger partial charge in [0.05, 0.1) is 5.57 Å². The highest BCUT2D eigenvalue weighted by Gasteiger charge is 2.34. The monoisotopic (exact) mass is 345 g/mol. The predicted molar refractivity (Wildman–Crippen MR) is 93.9 cm³/mol. The van der Waals surface area contributed by atoms with Crippen LogP contribution in [0.2, 0.25) is 5.02 Å². The lowest BCUT2D eigenvalue weighted by molar-refractivity contribution is -0.127. The van der Waals surface area contributed by atoms with Crippen molar-refractivity contribution >= 4 is 23.5 Å². The Bertz CT molecular complexity index is 777. The summed E-state index contributed by atoms with van der Waals surface area (Å²) >= 11 is 6.02. The number of likely N-dealkylation sites (N-methyl/N-ethyl adjacent to an activating group) is 1. The Morgan fingerprint density at radius 3 is 2.58 bits per heavy atom. The largest absolute Gasteiger partial charge is 0.339 e. The van der Waals surface area contributed by atoms with E-state index >= 15 is 0 Å². The molecule has 1 unspecified atom stereocenters. The van der Waals surface area contributed by atoms with Crippen LogP contribution < -0.4 is 5.32 Å². The van der Waals surface area contributed by atoms with E-state index in [2.05, 4.69) is 15.4 Å². The number of carbonyl (C=O) groups is 1. The number of anilines is 1. The molecule has 7 heteroatoms. The van der Waals surface area contributed by atoms with Gasteiger partial charge in [-0.05, 0) is 38.5 Å². The van der Waals surface area contributed by atoms with Gasteiger partial charge in [0.15, 0.2) is 0 Å². The van der Waals surface area contributed by atoms with Gasteiger partial charge >= 0.3 is 0 Å². The minimum Gasteiger partial charge on any atom is -0.339 e. The van der Waals surface area contributed by atoms with Crippen molar-refractivity contribution in [1.29, 1.82) is 0 Å². The average Bonchev–Trinajstić information content (AvgIpc) is 3.03. The Labute approximate surface area is 146 Å². The van der Waals surface area contributed by atoms with Crippen LogP contribution in [0, 0.1) is 0 Å². The first-order valence-corrected chi connectivity index (χ1v) is 8.36. The van der Waals surface area contributed by atoms with Gasteiger partial charge in [-0.15, -0.1) is 0 Å². The van der Waals surface area contributed by atoms with E-state index in [1.54, 1.807) is 4.68 Å². The number of rotatable bonds is 4. The third kappa shape index (κ3) is 2.78. The number of nitrogens with zero attached hydrogens (tertiary/aromatic N) is 4. The Morgan fingerprint density at radius 1 is 1.29 bits per heavy atom. The van der Waals surface area contributed by atoms with E-state index in [1.165, 1.54) is 6.33 Å². The fourth-order valence-corrected chi connectivity index (χ4v) is 3.13. The van der Waals surface area contributed by atoms with Crippen LogP contribution in [0.5, 0.6) is 0 Å². The minimum absolute atomic E-state index is 0.00565. The van der Waals surface area contributed by atoms with Crippen LogP contribution in [-0.2, 0) is 4.79 Å². The molecule has 0 saturated carbocycles. The molecular weight excluding hydrogens is 326 g/mol. The molecule has 2 aromatic rings. The van der Waals surface area contributed by atoms with Crippen molar-refractivity contribution in [1.82, 2.24) is 19.7 Å². The van der Waals surface area contributed by atoms with Gasteiger partial charge in [-0.1, -0.05) is 23.7 Å². The van der Waals surface area contributed by atoms with E-state index in [4.69, 9.17) is 11.6 Å². The molecule has 1 atom stereocenters. The Kier molecular flexibility index (Phi) is 4.57. The quantitative estimate of drug-likeness (QED) is 0.924. The number of carbonyl (C=O) groups excluding carboxylic acids is 1. The molecule has 1 aliphatic rings.